The van der Waals surface area contributed by atoms with E-state index in [1.54, 1.807) is 6.20 Å². The summed E-state index contributed by atoms with van der Waals surface area (Å²) in [6.45, 7) is 5.32. The van der Waals surface area contributed by atoms with Gasteiger partial charge in [-0.3, -0.25) is 0 Å². The van der Waals surface area contributed by atoms with Crippen molar-refractivity contribution in [1.82, 2.24) is 15.2 Å². The Hall–Kier alpha value is -0.900. The summed E-state index contributed by atoms with van der Waals surface area (Å²) in [6.07, 6.45) is 3.90. The molecular formula is C9H15ClN4. The normalized spacial score (nSPS) is 10.6. The van der Waals surface area contributed by atoms with Crippen molar-refractivity contribution < 1.29 is 0 Å². The van der Waals surface area contributed by atoms with Crippen LogP contribution in [-0.4, -0.2) is 21.7 Å². The number of anilines is 1. The third-order valence-electron chi connectivity index (χ3n) is 1.80. The summed E-state index contributed by atoms with van der Waals surface area (Å²) < 4.78 is 0. The fourth-order valence-corrected chi connectivity index (χ4v) is 1.23. The molecule has 14 heavy (non-hydrogen) atoms. The molecule has 0 amide bonds. The molecule has 4 nitrogen and oxygen atoms in total. The van der Waals surface area contributed by atoms with Crippen molar-refractivity contribution in [1.29, 1.82) is 0 Å². The molecule has 0 aliphatic heterocycles. The molecule has 0 aliphatic carbocycles. The van der Waals surface area contributed by atoms with E-state index < -0.39 is 0 Å². The van der Waals surface area contributed by atoms with Crippen LogP contribution in [0, 0.1) is 5.92 Å². The smallest absolute Gasteiger partial charge is 0.244 e. The first-order valence-electron chi connectivity index (χ1n) is 4.77. The number of halogens is 1. The first-order valence-corrected chi connectivity index (χ1v) is 5.15. The van der Waals surface area contributed by atoms with Gasteiger partial charge >= 0.3 is 0 Å². The molecule has 0 bridgehead atoms. The van der Waals surface area contributed by atoms with Gasteiger partial charge in [-0.05, 0) is 30.4 Å². The molecule has 0 radical (unpaired) electrons. The Morgan fingerprint density at radius 1 is 1.50 bits per heavy atom. The van der Waals surface area contributed by atoms with E-state index in [2.05, 4.69) is 34.3 Å². The summed E-state index contributed by atoms with van der Waals surface area (Å²) in [4.78, 5) is 3.97. The standard InChI is InChI=1S/C9H15ClN4/c1-7(2)4-3-5-11-8-6-12-14-9(10)13-8/h6-7H,3-5H2,1-2H3,(H,11,13,14). The summed E-state index contributed by atoms with van der Waals surface area (Å²) >= 11 is 5.58. The maximum atomic E-state index is 5.58. The Balaban J connectivity index is 2.25. The average molecular weight is 215 g/mol. The molecule has 0 fully saturated rings. The Kier molecular flexibility index (Phi) is 4.59. The zero-order chi connectivity index (χ0) is 10.4. The highest BCUT2D eigenvalue weighted by molar-refractivity contribution is 6.28. The number of nitrogens with zero attached hydrogens (tertiary/aromatic N) is 3. The Labute approximate surface area is 89.1 Å². The molecule has 0 unspecified atom stereocenters. The molecule has 0 spiro atoms. The molecule has 1 N–H and O–H groups in total. The molecule has 0 aliphatic rings. The highest BCUT2D eigenvalue weighted by Gasteiger charge is 1.97. The van der Waals surface area contributed by atoms with Crippen LogP contribution >= 0.6 is 11.6 Å². The van der Waals surface area contributed by atoms with Crippen LogP contribution in [0.25, 0.3) is 0 Å². The van der Waals surface area contributed by atoms with E-state index in [-0.39, 0.29) is 5.28 Å². The van der Waals surface area contributed by atoms with Gasteiger partial charge in [0.15, 0.2) is 0 Å². The minimum atomic E-state index is 0.179. The maximum Gasteiger partial charge on any atom is 0.244 e. The number of nitrogens with one attached hydrogen (secondary N) is 1. The van der Waals surface area contributed by atoms with Gasteiger partial charge in [0.2, 0.25) is 5.28 Å². The van der Waals surface area contributed by atoms with Crippen molar-refractivity contribution in [3.8, 4) is 0 Å². The molecule has 5 heteroatoms. The van der Waals surface area contributed by atoms with Crippen molar-refractivity contribution in [3.63, 3.8) is 0 Å². The van der Waals surface area contributed by atoms with E-state index in [0.29, 0.717) is 5.82 Å². The second kappa shape index (κ2) is 5.75. The first kappa shape index (κ1) is 11.2. The fraction of sp³-hybridized carbons (Fsp3) is 0.667. The zero-order valence-corrected chi connectivity index (χ0v) is 9.25. The number of aromatic nitrogens is 3. The molecule has 0 atom stereocenters. The third kappa shape index (κ3) is 4.37. The predicted octanol–water partition coefficient (Wildman–Crippen LogP) is 2.37. The van der Waals surface area contributed by atoms with Gasteiger partial charge in [-0.15, -0.1) is 5.10 Å². The van der Waals surface area contributed by atoms with Crippen LogP contribution in [0.2, 0.25) is 5.28 Å². The van der Waals surface area contributed by atoms with Gasteiger partial charge < -0.3 is 5.32 Å². The molecule has 1 aromatic heterocycles. The van der Waals surface area contributed by atoms with Gasteiger partial charge in [0.05, 0.1) is 6.20 Å². The SMILES string of the molecule is CC(C)CCCNc1cnnc(Cl)n1. The van der Waals surface area contributed by atoms with Gasteiger partial charge in [-0.1, -0.05) is 13.8 Å². The van der Waals surface area contributed by atoms with Crippen LogP contribution in [0.15, 0.2) is 6.20 Å². The van der Waals surface area contributed by atoms with Crippen molar-refractivity contribution in [2.45, 2.75) is 26.7 Å². The van der Waals surface area contributed by atoms with E-state index in [1.165, 1.54) is 6.42 Å². The third-order valence-corrected chi connectivity index (χ3v) is 1.96. The number of hydrogen-bond donors (Lipinski definition) is 1. The fourth-order valence-electron chi connectivity index (χ4n) is 1.09. The molecular weight excluding hydrogens is 200 g/mol. The summed E-state index contributed by atoms with van der Waals surface area (Å²) in [5, 5.41) is 10.6. The minimum absolute atomic E-state index is 0.179. The lowest BCUT2D eigenvalue weighted by molar-refractivity contribution is 0.566. The van der Waals surface area contributed by atoms with E-state index in [4.69, 9.17) is 11.6 Å². The van der Waals surface area contributed by atoms with Crippen molar-refractivity contribution in [2.24, 2.45) is 5.92 Å². The zero-order valence-electron chi connectivity index (χ0n) is 8.50. The number of rotatable bonds is 5. The monoisotopic (exact) mass is 214 g/mol. The lowest BCUT2D eigenvalue weighted by atomic mass is 10.1. The van der Waals surface area contributed by atoms with Gasteiger partial charge in [-0.2, -0.15) is 10.1 Å². The lowest BCUT2D eigenvalue weighted by Crippen LogP contribution is -2.05. The molecule has 78 valence electrons. The lowest BCUT2D eigenvalue weighted by Gasteiger charge is -2.06. The molecule has 1 heterocycles. The van der Waals surface area contributed by atoms with E-state index in [0.717, 1.165) is 18.9 Å². The van der Waals surface area contributed by atoms with Gasteiger partial charge in [-0.25, -0.2) is 0 Å². The van der Waals surface area contributed by atoms with Crippen molar-refractivity contribution >= 4 is 17.4 Å². The predicted molar refractivity (Wildman–Crippen MR) is 57.4 cm³/mol. The maximum absolute atomic E-state index is 5.58. The van der Waals surface area contributed by atoms with E-state index in [1.807, 2.05) is 0 Å². The molecule has 1 rings (SSSR count). The Morgan fingerprint density at radius 3 is 2.93 bits per heavy atom. The Morgan fingerprint density at radius 2 is 2.29 bits per heavy atom. The van der Waals surface area contributed by atoms with Gasteiger partial charge in [0, 0.05) is 6.54 Å². The molecule has 0 saturated carbocycles. The number of hydrogen-bond acceptors (Lipinski definition) is 4. The first-order chi connectivity index (χ1) is 6.68. The minimum Gasteiger partial charge on any atom is -0.369 e. The van der Waals surface area contributed by atoms with E-state index >= 15 is 0 Å². The van der Waals surface area contributed by atoms with Crippen molar-refractivity contribution in [3.05, 3.63) is 11.5 Å². The highest BCUT2D eigenvalue weighted by Crippen LogP contribution is 2.06. The largest absolute Gasteiger partial charge is 0.369 e. The van der Waals surface area contributed by atoms with Crippen LogP contribution < -0.4 is 5.32 Å². The molecule has 1 aromatic rings. The van der Waals surface area contributed by atoms with Crippen molar-refractivity contribution in [2.75, 3.05) is 11.9 Å². The average Bonchev–Trinajstić information content (AvgIpc) is 2.12. The second-order valence-corrected chi connectivity index (χ2v) is 3.91. The van der Waals surface area contributed by atoms with Gasteiger partial charge in [0.1, 0.15) is 5.82 Å². The van der Waals surface area contributed by atoms with Gasteiger partial charge in [0.25, 0.3) is 0 Å². The summed E-state index contributed by atoms with van der Waals surface area (Å²) in [5.74, 6) is 1.43. The van der Waals surface area contributed by atoms with E-state index in [9.17, 15) is 0 Å². The summed E-state index contributed by atoms with van der Waals surface area (Å²) in [7, 11) is 0. The van der Waals surface area contributed by atoms with Crippen LogP contribution in [0.3, 0.4) is 0 Å². The summed E-state index contributed by atoms with van der Waals surface area (Å²) in [6, 6.07) is 0. The highest BCUT2D eigenvalue weighted by atomic mass is 35.5. The second-order valence-electron chi connectivity index (χ2n) is 3.57. The van der Waals surface area contributed by atoms with Crippen LogP contribution in [0.1, 0.15) is 26.7 Å². The van der Waals surface area contributed by atoms with Crippen LogP contribution in [0.4, 0.5) is 5.82 Å². The quantitative estimate of drug-likeness (QED) is 0.765. The summed E-state index contributed by atoms with van der Waals surface area (Å²) in [5.41, 5.74) is 0. The topological polar surface area (TPSA) is 50.7 Å². The van der Waals surface area contributed by atoms with Crippen LogP contribution in [-0.2, 0) is 0 Å². The Bertz CT molecular complexity index is 277. The molecule has 0 aromatic carbocycles. The van der Waals surface area contributed by atoms with Crippen LogP contribution in [0.5, 0.6) is 0 Å². The molecule has 0 saturated heterocycles.